The van der Waals surface area contributed by atoms with E-state index in [2.05, 4.69) is 4.98 Å². The van der Waals surface area contributed by atoms with Gasteiger partial charge in [0.2, 0.25) is 10.0 Å². The second kappa shape index (κ2) is 10.8. The molecule has 1 aliphatic rings. The third-order valence-electron chi connectivity index (χ3n) is 6.08. The topological polar surface area (TPSA) is 123 Å². The monoisotopic (exact) mass is 563 g/mol. The van der Waals surface area contributed by atoms with Crippen molar-refractivity contribution in [3.8, 4) is 16.9 Å². The first-order valence-electron chi connectivity index (χ1n) is 11.4. The zero-order valence-corrected chi connectivity index (χ0v) is 22.6. The van der Waals surface area contributed by atoms with Gasteiger partial charge in [-0.05, 0) is 36.4 Å². The molecule has 0 radical (unpaired) electrons. The molecule has 1 aliphatic heterocycles. The van der Waals surface area contributed by atoms with E-state index in [1.54, 1.807) is 6.07 Å². The second-order valence-electron chi connectivity index (χ2n) is 8.58. The number of nitrogens with zero attached hydrogens (tertiary/aromatic N) is 3. The maximum absolute atomic E-state index is 13.8. The Morgan fingerprint density at radius 1 is 1.03 bits per heavy atom. The first-order valence-corrected chi connectivity index (χ1v) is 14.8. The summed E-state index contributed by atoms with van der Waals surface area (Å²) in [5, 5.41) is 0. The zero-order valence-electron chi connectivity index (χ0n) is 20.9. The molecular formula is C25H26FN3O7S2. The van der Waals surface area contributed by atoms with Crippen molar-refractivity contribution in [2.24, 2.45) is 0 Å². The summed E-state index contributed by atoms with van der Waals surface area (Å²) in [6.07, 6.45) is 3.85. The lowest BCUT2D eigenvalue weighted by atomic mass is 10.0. The number of aromatic nitrogens is 1. The molecule has 1 aromatic heterocycles. The molecule has 202 valence electrons. The van der Waals surface area contributed by atoms with Crippen LogP contribution in [0.25, 0.3) is 11.1 Å². The van der Waals surface area contributed by atoms with E-state index in [0.29, 0.717) is 16.8 Å². The molecule has 38 heavy (non-hydrogen) atoms. The maximum Gasteiger partial charge on any atom is 0.258 e. The molecule has 0 N–H and O–H groups in total. The number of carbonyl (C=O) groups excluding carboxylic acids is 1. The van der Waals surface area contributed by atoms with E-state index >= 15 is 0 Å². The molecule has 4 rings (SSSR count). The van der Waals surface area contributed by atoms with E-state index in [-0.39, 0.29) is 47.4 Å². The van der Waals surface area contributed by atoms with E-state index in [1.807, 2.05) is 0 Å². The molecule has 0 saturated carbocycles. The van der Waals surface area contributed by atoms with E-state index < -0.39 is 31.6 Å². The Bertz CT molecular complexity index is 1590. The summed E-state index contributed by atoms with van der Waals surface area (Å²) >= 11 is 0. The number of ether oxygens (including phenoxy) is 2. The highest BCUT2D eigenvalue weighted by molar-refractivity contribution is 7.91. The normalized spacial score (nSPS) is 14.7. The smallest absolute Gasteiger partial charge is 0.258 e. The highest BCUT2D eigenvalue weighted by atomic mass is 32.2. The van der Waals surface area contributed by atoms with E-state index in [1.165, 1.54) is 54.0 Å². The number of hydrogen-bond acceptors (Lipinski definition) is 8. The molecule has 0 aliphatic carbocycles. The summed E-state index contributed by atoms with van der Waals surface area (Å²) in [4.78, 5) is 18.3. The summed E-state index contributed by atoms with van der Waals surface area (Å²) in [7, 11) is -5.13. The fourth-order valence-corrected chi connectivity index (χ4v) is 6.30. The van der Waals surface area contributed by atoms with Crippen LogP contribution in [-0.2, 0) is 24.6 Å². The SMILES string of the molecule is COc1cc(F)ccc1-c1ccncc1N(C)C(=O)c1cc(S(C)(=O)=O)cc(S(=O)(=O)N2CCOCC2)c1. The Kier molecular flexibility index (Phi) is 7.83. The van der Waals surface area contributed by atoms with Crippen LogP contribution in [0, 0.1) is 5.82 Å². The lowest BCUT2D eigenvalue weighted by Crippen LogP contribution is -2.40. The van der Waals surface area contributed by atoms with Gasteiger partial charge in [-0.3, -0.25) is 9.78 Å². The molecule has 3 aromatic rings. The van der Waals surface area contributed by atoms with Gasteiger partial charge >= 0.3 is 0 Å². The second-order valence-corrected chi connectivity index (χ2v) is 12.5. The first-order chi connectivity index (χ1) is 17.9. The number of pyridine rings is 1. The number of hydrogen-bond donors (Lipinski definition) is 0. The minimum absolute atomic E-state index is 0.104. The van der Waals surface area contributed by atoms with Gasteiger partial charge < -0.3 is 14.4 Å². The number of rotatable bonds is 7. The third kappa shape index (κ3) is 5.55. The van der Waals surface area contributed by atoms with Crippen molar-refractivity contribution in [1.29, 1.82) is 0 Å². The van der Waals surface area contributed by atoms with E-state index in [0.717, 1.165) is 24.5 Å². The molecule has 0 unspecified atom stereocenters. The lowest BCUT2D eigenvalue weighted by molar-refractivity contribution is 0.0730. The number of sulfonamides is 1. The van der Waals surface area contributed by atoms with Gasteiger partial charge in [0.1, 0.15) is 11.6 Å². The van der Waals surface area contributed by atoms with Gasteiger partial charge in [-0.2, -0.15) is 4.31 Å². The average molecular weight is 564 g/mol. The van der Waals surface area contributed by atoms with Crippen molar-refractivity contribution in [1.82, 2.24) is 9.29 Å². The summed E-state index contributed by atoms with van der Waals surface area (Å²) in [5.74, 6) is -0.947. The van der Waals surface area contributed by atoms with Gasteiger partial charge in [-0.25, -0.2) is 21.2 Å². The predicted octanol–water partition coefficient (Wildman–Crippen LogP) is 2.60. The van der Waals surface area contributed by atoms with Crippen LogP contribution < -0.4 is 9.64 Å². The molecule has 0 bridgehead atoms. The predicted molar refractivity (Wildman–Crippen MR) is 138 cm³/mol. The van der Waals surface area contributed by atoms with Crippen molar-refractivity contribution in [3.63, 3.8) is 0 Å². The molecule has 1 saturated heterocycles. The number of carbonyl (C=O) groups is 1. The van der Waals surface area contributed by atoms with Crippen molar-refractivity contribution in [2.75, 3.05) is 51.6 Å². The Hall–Kier alpha value is -3.39. The quantitative estimate of drug-likeness (QED) is 0.430. The number of halogens is 1. The zero-order chi connectivity index (χ0) is 27.7. The van der Waals surface area contributed by atoms with Crippen LogP contribution >= 0.6 is 0 Å². The molecular weight excluding hydrogens is 537 g/mol. The Morgan fingerprint density at radius 3 is 2.37 bits per heavy atom. The minimum Gasteiger partial charge on any atom is -0.496 e. The number of benzene rings is 2. The fourth-order valence-electron chi connectivity index (χ4n) is 4.07. The van der Waals surface area contributed by atoms with Gasteiger partial charge in [0, 0.05) is 55.3 Å². The third-order valence-corrected chi connectivity index (χ3v) is 9.05. The summed E-state index contributed by atoms with van der Waals surface area (Å²) in [5.41, 5.74) is 1.15. The molecule has 0 atom stereocenters. The Morgan fingerprint density at radius 2 is 1.71 bits per heavy atom. The Balaban J connectivity index is 1.81. The molecule has 2 heterocycles. The number of sulfone groups is 1. The Labute approximate surface area is 220 Å². The summed E-state index contributed by atoms with van der Waals surface area (Å²) in [6.45, 7) is 0.618. The van der Waals surface area contributed by atoms with Crippen LogP contribution in [0.15, 0.2) is 64.6 Å². The van der Waals surface area contributed by atoms with Crippen LogP contribution in [0.1, 0.15) is 10.4 Å². The van der Waals surface area contributed by atoms with Crippen LogP contribution in [0.2, 0.25) is 0 Å². The van der Waals surface area contributed by atoms with Crippen molar-refractivity contribution >= 4 is 31.5 Å². The van der Waals surface area contributed by atoms with Gasteiger partial charge in [0.15, 0.2) is 9.84 Å². The number of methoxy groups -OCH3 is 1. The number of morpholine rings is 1. The van der Waals surface area contributed by atoms with Crippen LogP contribution in [0.4, 0.5) is 10.1 Å². The molecule has 0 spiro atoms. The minimum atomic E-state index is -4.10. The first kappa shape index (κ1) is 27.6. The van der Waals surface area contributed by atoms with Crippen molar-refractivity contribution < 1.29 is 35.5 Å². The fraction of sp³-hybridized carbons (Fsp3) is 0.280. The average Bonchev–Trinajstić information content (AvgIpc) is 2.92. The van der Waals surface area contributed by atoms with Gasteiger partial charge in [-0.1, -0.05) is 0 Å². The molecule has 1 fully saturated rings. The molecule has 2 aromatic carbocycles. The maximum atomic E-state index is 13.8. The van der Waals surface area contributed by atoms with Crippen LogP contribution in [0.5, 0.6) is 5.75 Å². The van der Waals surface area contributed by atoms with E-state index in [9.17, 15) is 26.0 Å². The lowest BCUT2D eigenvalue weighted by Gasteiger charge is -2.26. The van der Waals surface area contributed by atoms with E-state index in [4.69, 9.17) is 9.47 Å². The highest BCUT2D eigenvalue weighted by Crippen LogP contribution is 2.37. The van der Waals surface area contributed by atoms with Gasteiger partial charge in [0.05, 0.1) is 42.0 Å². The molecule has 13 heteroatoms. The molecule has 10 nitrogen and oxygen atoms in total. The van der Waals surface area contributed by atoms with Crippen molar-refractivity contribution in [2.45, 2.75) is 9.79 Å². The van der Waals surface area contributed by atoms with Crippen LogP contribution in [0.3, 0.4) is 0 Å². The van der Waals surface area contributed by atoms with Gasteiger partial charge in [-0.15, -0.1) is 0 Å². The summed E-state index contributed by atoms with van der Waals surface area (Å²) in [6, 6.07) is 8.93. The van der Waals surface area contributed by atoms with Crippen molar-refractivity contribution in [3.05, 3.63) is 66.2 Å². The number of amides is 1. The summed E-state index contributed by atoms with van der Waals surface area (Å²) < 4.78 is 77.0. The number of anilines is 1. The molecule has 1 amide bonds. The largest absolute Gasteiger partial charge is 0.496 e. The van der Waals surface area contributed by atoms with Gasteiger partial charge in [0.25, 0.3) is 5.91 Å². The van der Waals surface area contributed by atoms with Crippen LogP contribution in [-0.4, -0.2) is 78.7 Å². The highest BCUT2D eigenvalue weighted by Gasteiger charge is 2.30. The standard InChI is InChI=1S/C25H26FN3O7S2/c1-28(23-16-27-7-6-21(23)22-5-4-18(26)14-24(22)35-2)25(30)17-12-19(37(3,31)32)15-20(13-17)38(33,34)29-8-10-36-11-9-29/h4-7,12-16H,8-11H2,1-3H3.